The Morgan fingerprint density at radius 2 is 2.05 bits per heavy atom. The Balaban J connectivity index is 2.46. The summed E-state index contributed by atoms with van der Waals surface area (Å²) in [4.78, 5) is 0. The molecule has 0 bridgehead atoms. The van der Waals surface area contributed by atoms with Gasteiger partial charge in [-0.05, 0) is 24.6 Å². The van der Waals surface area contributed by atoms with Gasteiger partial charge in [0.1, 0.15) is 0 Å². The van der Waals surface area contributed by atoms with Crippen molar-refractivity contribution >= 4 is 0 Å². The highest BCUT2D eigenvalue weighted by Crippen LogP contribution is 2.33. The van der Waals surface area contributed by atoms with Gasteiger partial charge in [-0.15, -0.1) is 0 Å². The fraction of sp³-hybridized carbons (Fsp3) is 0.357. The molecule has 1 heterocycles. The Hall–Kier alpha value is -1.82. The Bertz CT molecular complexity index is 600. The zero-order valence-electron chi connectivity index (χ0n) is 11.3. The number of benzene rings is 1. The summed E-state index contributed by atoms with van der Waals surface area (Å²) in [6, 6.07) is 5.15. The maximum atomic E-state index is 12.8. The third-order valence-electron chi connectivity index (χ3n) is 2.92. The minimum atomic E-state index is -4.35. The monoisotopic (exact) mass is 283 g/mol. The first kappa shape index (κ1) is 14.6. The van der Waals surface area contributed by atoms with Crippen molar-refractivity contribution in [3.63, 3.8) is 0 Å². The zero-order chi connectivity index (χ0) is 14.9. The smallest absolute Gasteiger partial charge is 0.328 e. The first-order valence-corrected chi connectivity index (χ1v) is 6.23. The van der Waals surface area contributed by atoms with Gasteiger partial charge >= 0.3 is 6.18 Å². The summed E-state index contributed by atoms with van der Waals surface area (Å²) in [5.74, 6) is 0. The molecule has 3 nitrogen and oxygen atoms in total. The highest BCUT2D eigenvalue weighted by atomic mass is 19.4. The SMILES string of the molecule is CC(N)Cc1nn(C)cc1-c1cccc(C(F)(F)F)c1. The normalized spacial score (nSPS) is 13.5. The van der Waals surface area contributed by atoms with Crippen LogP contribution in [0.15, 0.2) is 30.5 Å². The molecule has 2 aromatic rings. The quantitative estimate of drug-likeness (QED) is 0.941. The molecule has 0 fully saturated rings. The topological polar surface area (TPSA) is 43.8 Å². The minimum absolute atomic E-state index is 0.102. The molecule has 6 heteroatoms. The van der Waals surface area contributed by atoms with Crippen molar-refractivity contribution in [2.75, 3.05) is 0 Å². The van der Waals surface area contributed by atoms with Crippen LogP contribution in [0.5, 0.6) is 0 Å². The maximum absolute atomic E-state index is 12.8. The summed E-state index contributed by atoms with van der Waals surface area (Å²) < 4.78 is 39.9. The summed E-state index contributed by atoms with van der Waals surface area (Å²) in [6.45, 7) is 1.84. The first-order valence-electron chi connectivity index (χ1n) is 6.23. The average Bonchev–Trinajstić information content (AvgIpc) is 2.68. The number of hydrogen-bond donors (Lipinski definition) is 1. The summed E-state index contributed by atoms with van der Waals surface area (Å²) in [5, 5.41) is 4.27. The van der Waals surface area contributed by atoms with Gasteiger partial charge in [0.05, 0.1) is 11.3 Å². The lowest BCUT2D eigenvalue weighted by atomic mass is 10.0. The van der Waals surface area contributed by atoms with Crippen molar-refractivity contribution in [1.82, 2.24) is 9.78 Å². The number of rotatable bonds is 3. The minimum Gasteiger partial charge on any atom is -0.328 e. The second-order valence-electron chi connectivity index (χ2n) is 4.92. The van der Waals surface area contributed by atoms with Gasteiger partial charge in [-0.3, -0.25) is 4.68 Å². The summed E-state index contributed by atoms with van der Waals surface area (Å²) in [7, 11) is 1.74. The van der Waals surface area contributed by atoms with Crippen LogP contribution in [0.2, 0.25) is 0 Å². The highest BCUT2D eigenvalue weighted by Gasteiger charge is 2.30. The summed E-state index contributed by atoms with van der Waals surface area (Å²) in [6.07, 6.45) is -2.11. The molecule has 0 saturated carbocycles. The van der Waals surface area contributed by atoms with Crippen molar-refractivity contribution in [3.05, 3.63) is 41.7 Å². The first-order chi connectivity index (χ1) is 9.27. The van der Waals surface area contributed by atoms with E-state index in [1.54, 1.807) is 24.0 Å². The lowest BCUT2D eigenvalue weighted by Gasteiger charge is -2.09. The van der Waals surface area contributed by atoms with E-state index in [0.29, 0.717) is 23.2 Å². The molecule has 1 aromatic heterocycles. The number of aryl methyl sites for hydroxylation is 1. The molecule has 20 heavy (non-hydrogen) atoms. The van der Waals surface area contributed by atoms with Crippen LogP contribution in [0.3, 0.4) is 0 Å². The van der Waals surface area contributed by atoms with Gasteiger partial charge in [-0.2, -0.15) is 18.3 Å². The van der Waals surface area contributed by atoms with Crippen molar-refractivity contribution in [3.8, 4) is 11.1 Å². The number of hydrogen-bond acceptors (Lipinski definition) is 2. The Kier molecular flexibility index (Phi) is 3.85. The van der Waals surface area contributed by atoms with E-state index in [9.17, 15) is 13.2 Å². The van der Waals surface area contributed by atoms with E-state index in [1.807, 2.05) is 6.92 Å². The van der Waals surface area contributed by atoms with E-state index in [0.717, 1.165) is 12.1 Å². The van der Waals surface area contributed by atoms with Crippen molar-refractivity contribution in [1.29, 1.82) is 0 Å². The Morgan fingerprint density at radius 3 is 2.65 bits per heavy atom. The standard InChI is InChI=1S/C14H16F3N3/c1-9(18)6-13-12(8-20(2)19-13)10-4-3-5-11(7-10)14(15,16)17/h3-5,7-9H,6,18H2,1-2H3. The molecule has 0 aliphatic heterocycles. The van der Waals surface area contributed by atoms with E-state index in [1.165, 1.54) is 6.07 Å². The van der Waals surface area contributed by atoms with Gasteiger partial charge in [0.15, 0.2) is 0 Å². The van der Waals surface area contributed by atoms with Crippen LogP contribution in [0.1, 0.15) is 18.2 Å². The molecule has 1 atom stereocenters. The molecule has 1 unspecified atom stereocenters. The fourth-order valence-corrected chi connectivity index (χ4v) is 2.09. The molecule has 2 rings (SSSR count). The fourth-order valence-electron chi connectivity index (χ4n) is 2.09. The van der Waals surface area contributed by atoms with Gasteiger partial charge < -0.3 is 5.73 Å². The van der Waals surface area contributed by atoms with Crippen molar-refractivity contribution < 1.29 is 13.2 Å². The molecule has 1 aromatic carbocycles. The molecule has 0 amide bonds. The molecule has 0 saturated heterocycles. The lowest BCUT2D eigenvalue weighted by molar-refractivity contribution is -0.137. The van der Waals surface area contributed by atoms with Crippen molar-refractivity contribution in [2.24, 2.45) is 12.8 Å². The number of halogens is 3. The summed E-state index contributed by atoms with van der Waals surface area (Å²) >= 11 is 0. The summed E-state index contributed by atoms with van der Waals surface area (Å²) in [5.41, 5.74) is 6.99. The number of nitrogens with zero attached hydrogens (tertiary/aromatic N) is 2. The van der Waals surface area contributed by atoms with Gasteiger partial charge in [0.2, 0.25) is 0 Å². The van der Waals surface area contributed by atoms with E-state index >= 15 is 0 Å². The predicted octanol–water partition coefficient (Wildman–Crippen LogP) is 3.00. The van der Waals surface area contributed by atoms with Gasteiger partial charge in [-0.25, -0.2) is 0 Å². The molecular formula is C14H16F3N3. The van der Waals surface area contributed by atoms with E-state index in [4.69, 9.17) is 5.73 Å². The Morgan fingerprint density at radius 1 is 1.35 bits per heavy atom. The second-order valence-corrected chi connectivity index (χ2v) is 4.92. The number of aromatic nitrogens is 2. The van der Waals surface area contributed by atoms with Crippen LogP contribution in [0.4, 0.5) is 13.2 Å². The van der Waals surface area contributed by atoms with Gasteiger partial charge in [0, 0.05) is 31.3 Å². The van der Waals surface area contributed by atoms with Crippen LogP contribution in [0.25, 0.3) is 11.1 Å². The lowest BCUT2D eigenvalue weighted by Crippen LogP contribution is -2.18. The molecular weight excluding hydrogens is 267 g/mol. The highest BCUT2D eigenvalue weighted by molar-refractivity contribution is 5.66. The molecule has 0 aliphatic carbocycles. The average molecular weight is 283 g/mol. The van der Waals surface area contributed by atoms with Crippen molar-refractivity contribution in [2.45, 2.75) is 25.6 Å². The van der Waals surface area contributed by atoms with E-state index in [2.05, 4.69) is 5.10 Å². The van der Waals surface area contributed by atoms with Crippen LogP contribution in [-0.2, 0) is 19.6 Å². The largest absolute Gasteiger partial charge is 0.416 e. The Labute approximate surface area is 115 Å². The van der Waals surface area contributed by atoms with E-state index < -0.39 is 11.7 Å². The molecule has 2 N–H and O–H groups in total. The van der Waals surface area contributed by atoms with E-state index in [-0.39, 0.29) is 6.04 Å². The van der Waals surface area contributed by atoms with Gasteiger partial charge in [-0.1, -0.05) is 12.1 Å². The third-order valence-corrected chi connectivity index (χ3v) is 2.92. The second kappa shape index (κ2) is 5.28. The van der Waals surface area contributed by atoms with Crippen LogP contribution < -0.4 is 5.73 Å². The molecule has 108 valence electrons. The zero-order valence-corrected chi connectivity index (χ0v) is 11.3. The van der Waals surface area contributed by atoms with Gasteiger partial charge in [0.25, 0.3) is 0 Å². The van der Waals surface area contributed by atoms with Crippen LogP contribution in [0, 0.1) is 0 Å². The molecule has 0 spiro atoms. The number of nitrogens with two attached hydrogens (primary N) is 1. The molecule has 0 aliphatic rings. The number of alkyl halides is 3. The van der Waals surface area contributed by atoms with Crippen LogP contribution >= 0.6 is 0 Å². The van der Waals surface area contributed by atoms with Crippen LogP contribution in [-0.4, -0.2) is 15.8 Å². The predicted molar refractivity (Wildman–Crippen MR) is 71.0 cm³/mol. The molecule has 0 radical (unpaired) electrons. The third kappa shape index (κ3) is 3.19. The maximum Gasteiger partial charge on any atom is 0.416 e.